The Kier molecular flexibility index (Phi) is 12.4. The Bertz CT molecular complexity index is 7610. The topological polar surface area (TPSA) is 9.86 Å². The van der Waals surface area contributed by atoms with Gasteiger partial charge in [0, 0.05) is 32.9 Å². The normalized spacial score (nSPS) is 18.1. The minimum Gasteiger partial charge on any atom is -0.309 e. The summed E-state index contributed by atoms with van der Waals surface area (Å²) in [5.74, 6) is 0. The lowest BCUT2D eigenvalue weighted by atomic mass is 9.52. The van der Waals surface area contributed by atoms with Gasteiger partial charge in [-0.1, -0.05) is 340 Å². The van der Waals surface area contributed by atoms with Gasteiger partial charge in [0.1, 0.15) is 0 Å². The molecule has 4 unspecified atom stereocenters. The average molecular weight is 1440 g/mol. The summed E-state index contributed by atoms with van der Waals surface area (Å²) in [4.78, 5) is 0. The van der Waals surface area contributed by atoms with Gasteiger partial charge in [0.05, 0.1) is 43.7 Å². The monoisotopic (exact) mass is 1440 g/mol. The highest BCUT2D eigenvalue weighted by atomic mass is 15.0. The molecule has 6 aliphatic carbocycles. The number of rotatable bonds is 7. The summed E-state index contributed by atoms with van der Waals surface area (Å²) in [6.07, 6.45) is 0. The van der Waals surface area contributed by atoms with Crippen LogP contribution in [-0.4, -0.2) is 9.13 Å². The van der Waals surface area contributed by atoms with Crippen LogP contribution in [-0.2, 0) is 21.7 Å². The Morgan fingerprint density at radius 2 is 0.491 bits per heavy atom. The molecule has 114 heavy (non-hydrogen) atoms. The van der Waals surface area contributed by atoms with Gasteiger partial charge < -0.3 is 9.13 Å². The summed E-state index contributed by atoms with van der Waals surface area (Å²) >= 11 is 0. The lowest BCUT2D eigenvalue weighted by Crippen LogP contribution is -2.43. The third kappa shape index (κ3) is 7.57. The van der Waals surface area contributed by atoms with E-state index in [-0.39, 0.29) is 0 Å². The summed E-state index contributed by atoms with van der Waals surface area (Å²) in [5.41, 5.74) is 42.7. The second-order valence-electron chi connectivity index (χ2n) is 32.2. The number of hydrogen-bond donors (Lipinski definition) is 0. The zero-order valence-electron chi connectivity index (χ0n) is 62.2. The second kappa shape index (κ2) is 22.6. The molecule has 0 aliphatic heterocycles. The molecule has 2 heteroatoms. The van der Waals surface area contributed by atoms with Crippen molar-refractivity contribution in [2.45, 2.75) is 21.7 Å². The van der Waals surface area contributed by atoms with Crippen molar-refractivity contribution in [1.29, 1.82) is 0 Å². The number of benzene rings is 18. The zero-order valence-corrected chi connectivity index (χ0v) is 62.2. The van der Waals surface area contributed by atoms with Gasteiger partial charge >= 0.3 is 0 Å². The van der Waals surface area contributed by atoms with Crippen LogP contribution in [0.2, 0.25) is 0 Å². The first-order chi connectivity index (χ1) is 56.6. The number of fused-ring (bicyclic) bond motifs is 30. The predicted molar refractivity (Wildman–Crippen MR) is 468 cm³/mol. The first-order valence-corrected chi connectivity index (χ1v) is 40.1. The molecule has 20 aromatic rings. The van der Waals surface area contributed by atoms with Gasteiger partial charge in [-0.25, -0.2) is 0 Å². The van der Waals surface area contributed by atoms with Crippen LogP contribution in [0.15, 0.2) is 413 Å². The maximum absolute atomic E-state index is 2.60. The maximum atomic E-state index is 2.60. The number of para-hydroxylation sites is 4. The lowest BCUT2D eigenvalue weighted by Gasteiger charge is -2.49. The van der Waals surface area contributed by atoms with Gasteiger partial charge in [-0.15, -0.1) is 0 Å². The van der Waals surface area contributed by atoms with Crippen molar-refractivity contribution in [3.05, 3.63) is 502 Å². The molecule has 0 N–H and O–H groups in total. The summed E-state index contributed by atoms with van der Waals surface area (Å²) in [5, 5.41) is 4.95. The Balaban J connectivity index is 0.735. The van der Waals surface area contributed by atoms with Crippen LogP contribution < -0.4 is 0 Å². The number of aromatic nitrogens is 2. The van der Waals surface area contributed by atoms with Crippen molar-refractivity contribution >= 4 is 43.6 Å². The number of hydrogen-bond acceptors (Lipinski definition) is 0. The molecule has 2 heterocycles. The molecular weight excluding hydrogens is 1370 g/mol. The van der Waals surface area contributed by atoms with Crippen LogP contribution >= 0.6 is 0 Å². The van der Waals surface area contributed by atoms with E-state index >= 15 is 0 Å². The highest BCUT2D eigenvalue weighted by molar-refractivity contribution is 6.13. The highest BCUT2D eigenvalue weighted by Gasteiger charge is 2.62. The van der Waals surface area contributed by atoms with Crippen molar-refractivity contribution in [3.8, 4) is 89.3 Å². The zero-order chi connectivity index (χ0) is 74.3. The molecule has 0 radical (unpaired) electrons. The predicted octanol–water partition coefficient (Wildman–Crippen LogP) is 27.0. The lowest BCUT2D eigenvalue weighted by molar-refractivity contribution is 0.636. The summed E-state index contributed by atoms with van der Waals surface area (Å²) in [6, 6.07) is 159. The second-order valence-corrected chi connectivity index (χ2v) is 32.2. The minimum atomic E-state index is -0.764. The first kappa shape index (κ1) is 62.3. The minimum absolute atomic E-state index is 0.591. The molecule has 0 saturated heterocycles. The van der Waals surface area contributed by atoms with E-state index in [9.17, 15) is 0 Å². The standard InChI is InChI=1S/C112H68N2/c1-5-29-74(30-6-1)109-91-44-18-14-38-79(91)86-42-27-52-100(107(86)109)112(98-50-24-22-48-96(98)109)93-46-20-15-39-80(93)90-65-73(64-88(106(90)112)72-57-61-85-83-41-17-26-54-103(83)114(105(85)68-72)77-35-11-4-12-36-77)69-58-62-94-89(63-69)87-43-28-51-99-108(87)110(94,75-31-7-2-8-32-75)95-47-21-23-49-97(95)111(99)92-45-19-13-37-78(92)81-59-55-70(66-101(81)111)71-56-60-84-82-40-16-25-53-102(82)113(104(84)67-71)76-33-9-3-10-34-76/h1-68H. The van der Waals surface area contributed by atoms with Gasteiger partial charge in [0.15, 0.2) is 0 Å². The van der Waals surface area contributed by atoms with Crippen LogP contribution in [0.25, 0.3) is 133 Å². The van der Waals surface area contributed by atoms with Crippen LogP contribution in [0.4, 0.5) is 0 Å². The van der Waals surface area contributed by atoms with E-state index in [4.69, 9.17) is 0 Å². The molecule has 2 nitrogen and oxygen atoms in total. The molecule has 6 aliphatic rings. The van der Waals surface area contributed by atoms with E-state index < -0.39 is 21.7 Å². The average Bonchev–Trinajstić information content (AvgIpc) is 1.46. The quantitative estimate of drug-likeness (QED) is 0.151. The third-order valence-corrected chi connectivity index (χ3v) is 27.4. The molecule has 0 bridgehead atoms. The first-order valence-electron chi connectivity index (χ1n) is 40.1. The van der Waals surface area contributed by atoms with Crippen molar-refractivity contribution in [2.75, 3.05) is 0 Å². The van der Waals surface area contributed by atoms with Crippen molar-refractivity contribution in [3.63, 3.8) is 0 Å². The van der Waals surface area contributed by atoms with Gasteiger partial charge in [-0.05, 0) is 240 Å². The molecule has 526 valence electrons. The Morgan fingerprint density at radius 3 is 1.07 bits per heavy atom. The van der Waals surface area contributed by atoms with E-state index in [1.54, 1.807) is 0 Å². The highest BCUT2D eigenvalue weighted by Crippen LogP contribution is 2.72. The maximum Gasteiger partial charge on any atom is 0.0726 e. The van der Waals surface area contributed by atoms with E-state index in [1.807, 2.05) is 0 Å². The van der Waals surface area contributed by atoms with E-state index in [2.05, 4.69) is 422 Å². The number of nitrogens with zero attached hydrogens (tertiary/aromatic N) is 2. The summed E-state index contributed by atoms with van der Waals surface area (Å²) < 4.78 is 4.93. The molecule has 26 rings (SSSR count). The fourth-order valence-corrected chi connectivity index (χ4v) is 23.4. The summed E-state index contributed by atoms with van der Waals surface area (Å²) in [7, 11) is 0. The molecule has 0 fully saturated rings. The largest absolute Gasteiger partial charge is 0.309 e. The summed E-state index contributed by atoms with van der Waals surface area (Å²) in [6.45, 7) is 0. The fraction of sp³-hybridized carbons (Fsp3) is 0.0357. The molecule has 4 atom stereocenters. The Hall–Kier alpha value is -14.4. The Morgan fingerprint density at radius 1 is 0.149 bits per heavy atom. The van der Waals surface area contributed by atoms with Gasteiger partial charge in [0.25, 0.3) is 0 Å². The smallest absolute Gasteiger partial charge is 0.0726 e. The molecule has 2 spiro atoms. The van der Waals surface area contributed by atoms with E-state index in [0.29, 0.717) is 0 Å². The van der Waals surface area contributed by atoms with E-state index in [0.717, 1.165) is 11.4 Å². The molecule has 0 saturated carbocycles. The van der Waals surface area contributed by atoms with Crippen LogP contribution in [0, 0.1) is 0 Å². The molecule has 18 aromatic carbocycles. The fourth-order valence-electron chi connectivity index (χ4n) is 23.4. The third-order valence-electron chi connectivity index (χ3n) is 27.4. The van der Waals surface area contributed by atoms with Crippen molar-refractivity contribution in [2.24, 2.45) is 0 Å². The van der Waals surface area contributed by atoms with Gasteiger partial charge in [-0.2, -0.15) is 0 Å². The molecule has 2 aromatic heterocycles. The van der Waals surface area contributed by atoms with Crippen LogP contribution in [0.1, 0.15) is 89.0 Å². The van der Waals surface area contributed by atoms with Gasteiger partial charge in [0.2, 0.25) is 0 Å². The van der Waals surface area contributed by atoms with Crippen molar-refractivity contribution < 1.29 is 0 Å². The molecule has 0 amide bonds. The van der Waals surface area contributed by atoms with Crippen molar-refractivity contribution in [1.82, 2.24) is 9.13 Å². The van der Waals surface area contributed by atoms with E-state index in [1.165, 1.54) is 211 Å². The van der Waals surface area contributed by atoms with Crippen LogP contribution in [0.5, 0.6) is 0 Å². The molecular formula is C112H68N2. The van der Waals surface area contributed by atoms with Crippen LogP contribution in [0.3, 0.4) is 0 Å². The van der Waals surface area contributed by atoms with Gasteiger partial charge in [-0.3, -0.25) is 0 Å². The Labute approximate surface area is 660 Å². The SMILES string of the molecule is c1ccc(-n2c3ccccc3c3ccc(-c4ccc5c(c4)C4(c6ccccc6-5)c5ccccc5C5(c6ccccc6)c6ccc(-c7cc(-c8ccc9c%10ccccc%10n(-c%10ccccc%10)c9c8)c8c(c7)-c7ccccc7C87c8ccccc8C8(c9ccccc9)c9ccccc9-c9cccc7c98)cc6-c6cccc4c65)cc32)cc1.